The van der Waals surface area contributed by atoms with Crippen LogP contribution in [0, 0.1) is 0 Å². The van der Waals surface area contributed by atoms with E-state index >= 15 is 0 Å². The third-order valence-corrected chi connectivity index (χ3v) is 0.401. The number of alkyl halides is 1. The van der Waals surface area contributed by atoms with Crippen molar-refractivity contribution in [3.05, 3.63) is 0 Å². The van der Waals surface area contributed by atoms with Crippen molar-refractivity contribution >= 4 is 11.6 Å². The second kappa shape index (κ2) is 3.29. The third-order valence-electron chi connectivity index (χ3n) is 0.134. The smallest absolute Gasteiger partial charge is 0.0435 e. The van der Waals surface area contributed by atoms with Crippen LogP contribution in [0.15, 0.2) is 0 Å². The topological polar surface area (TPSA) is 0 Å². The van der Waals surface area contributed by atoms with E-state index in [1.807, 2.05) is 0 Å². The van der Waals surface area contributed by atoms with Crippen molar-refractivity contribution in [3.63, 3.8) is 0 Å². The van der Waals surface area contributed by atoms with Crippen LogP contribution in [0.1, 0.15) is 16.1 Å². The first kappa shape index (κ1) is 1.66. The lowest BCUT2D eigenvalue weighted by Crippen LogP contribution is -1.55. The van der Waals surface area contributed by atoms with E-state index in [0.717, 1.165) is 0 Å². The van der Waals surface area contributed by atoms with E-state index in [4.69, 9.17) is 14.3 Å². The highest BCUT2D eigenvalue weighted by Gasteiger charge is 1.59. The van der Waals surface area contributed by atoms with Gasteiger partial charge in [0.2, 0.25) is 0 Å². The Balaban J connectivity index is 3.17. The Morgan fingerprint density at radius 1 is 2.25 bits per heavy atom. The zero-order valence-corrected chi connectivity index (χ0v) is 3.34. The molecule has 0 aromatic heterocycles. The molecular formula is C3H7Cl. The molecule has 0 atom stereocenters. The summed E-state index contributed by atoms with van der Waals surface area (Å²) in [6.07, 6.45) is 0.370. The Labute approximate surface area is 34.6 Å². The fourth-order valence-electron chi connectivity index (χ4n) is 0. The number of hydrogen-bond donors (Lipinski definition) is 0. The third kappa shape index (κ3) is 2.29. The zero-order valence-electron chi connectivity index (χ0n) is 4.59. The highest BCUT2D eigenvalue weighted by atomic mass is 35.5. The van der Waals surface area contributed by atoms with Crippen molar-refractivity contribution in [1.82, 2.24) is 0 Å². The summed E-state index contributed by atoms with van der Waals surface area (Å²) in [5, 5.41) is 0. The van der Waals surface area contributed by atoms with Crippen LogP contribution >= 0.6 is 11.6 Å². The number of rotatable bonds is 1. The van der Waals surface area contributed by atoms with Gasteiger partial charge in [-0.1, -0.05) is 6.92 Å². The Bertz CT molecular complexity index is 38.5. The van der Waals surface area contributed by atoms with E-state index in [2.05, 4.69) is 0 Å². The van der Waals surface area contributed by atoms with Crippen LogP contribution in [-0.4, -0.2) is 5.83 Å². The van der Waals surface area contributed by atoms with E-state index in [1.54, 1.807) is 6.92 Å². The summed E-state index contributed by atoms with van der Waals surface area (Å²) in [6.45, 7) is 1.70. The first-order valence-corrected chi connectivity index (χ1v) is 1.63. The molecule has 0 radical (unpaired) electrons. The van der Waals surface area contributed by atoms with Crippen LogP contribution in [0.3, 0.4) is 0 Å². The Hall–Kier alpha value is 0.290. The molecule has 0 aliphatic heterocycles. The molecular weight excluding hydrogens is 71.5 g/mol. The molecule has 0 heterocycles. The van der Waals surface area contributed by atoms with Crippen LogP contribution in [0.5, 0.6) is 0 Å². The molecule has 0 aromatic rings. The Morgan fingerprint density at radius 3 is 2.50 bits per heavy atom. The average molecular weight is 80.6 g/mol. The van der Waals surface area contributed by atoms with Crippen LogP contribution in [-0.2, 0) is 0 Å². The van der Waals surface area contributed by atoms with Gasteiger partial charge in [-0.25, -0.2) is 0 Å². The maximum Gasteiger partial charge on any atom is 0.0435 e. The highest BCUT2D eigenvalue weighted by Crippen LogP contribution is 1.75. The lowest BCUT2D eigenvalue weighted by molar-refractivity contribution is 1.10. The van der Waals surface area contributed by atoms with Gasteiger partial charge in [0.25, 0.3) is 0 Å². The molecule has 0 aliphatic carbocycles. The summed E-state index contributed by atoms with van der Waals surface area (Å²) in [6, 6.07) is 0. The quantitative estimate of drug-likeness (QED) is 0.420. The van der Waals surface area contributed by atoms with E-state index in [0.29, 0.717) is 6.42 Å². The number of halogens is 1. The van der Waals surface area contributed by atoms with Gasteiger partial charge in [-0.3, -0.25) is 0 Å². The first-order chi connectivity index (χ1) is 2.56. The van der Waals surface area contributed by atoms with Gasteiger partial charge in [-0.2, -0.15) is 0 Å². The lowest BCUT2D eigenvalue weighted by atomic mass is 10.6. The second-order valence-corrected chi connectivity index (χ2v) is 0.754. The minimum Gasteiger partial charge on any atom is -0.127 e. The molecule has 0 saturated carbocycles. The molecule has 0 aromatic carbocycles. The fraction of sp³-hybridized carbons (Fsp3) is 1.00. The molecule has 0 amide bonds. The van der Waals surface area contributed by atoms with E-state index < -0.39 is 5.83 Å². The van der Waals surface area contributed by atoms with Crippen molar-refractivity contribution in [2.45, 2.75) is 13.3 Å². The molecule has 1 heteroatoms. The monoisotopic (exact) mass is 80.0 g/mol. The molecule has 0 nitrogen and oxygen atoms in total. The van der Waals surface area contributed by atoms with Gasteiger partial charge in [0.1, 0.15) is 0 Å². The van der Waals surface area contributed by atoms with Gasteiger partial charge >= 0.3 is 0 Å². The van der Waals surface area contributed by atoms with Crippen molar-refractivity contribution in [2.75, 3.05) is 5.83 Å². The molecule has 0 N–H and O–H groups in total. The first-order valence-electron chi connectivity index (χ1n) is 2.25. The largest absolute Gasteiger partial charge is 0.127 e. The highest BCUT2D eigenvalue weighted by molar-refractivity contribution is 6.17. The Kier molecular flexibility index (Phi) is 1.36. The van der Waals surface area contributed by atoms with Gasteiger partial charge in [-0.05, 0) is 6.42 Å². The predicted octanol–water partition coefficient (Wildman–Crippen LogP) is 1.64. The molecule has 26 valence electrons. The zero-order chi connectivity index (χ0) is 5.21. The summed E-state index contributed by atoms with van der Waals surface area (Å²) < 4.78 is 13.2. The van der Waals surface area contributed by atoms with Crippen LogP contribution in [0.2, 0.25) is 0 Å². The van der Waals surface area contributed by atoms with Crippen LogP contribution in [0.4, 0.5) is 0 Å². The van der Waals surface area contributed by atoms with Crippen LogP contribution < -0.4 is 0 Å². The van der Waals surface area contributed by atoms with E-state index in [-0.39, 0.29) is 0 Å². The molecule has 0 fully saturated rings. The van der Waals surface area contributed by atoms with Crippen molar-refractivity contribution < 1.29 is 2.74 Å². The van der Waals surface area contributed by atoms with Gasteiger partial charge < -0.3 is 0 Å². The molecule has 0 bridgehead atoms. The normalized spacial score (nSPS) is 18.5. The Morgan fingerprint density at radius 2 is 2.50 bits per heavy atom. The second-order valence-electron chi connectivity index (χ2n) is 0.487. The van der Waals surface area contributed by atoms with Gasteiger partial charge in [-0.15, -0.1) is 11.6 Å². The van der Waals surface area contributed by atoms with Crippen molar-refractivity contribution in [1.29, 1.82) is 0 Å². The maximum atomic E-state index is 6.61. The fourth-order valence-corrected chi connectivity index (χ4v) is 0. The number of hydrogen-bond acceptors (Lipinski definition) is 0. The molecule has 0 rings (SSSR count). The summed E-state index contributed by atoms with van der Waals surface area (Å²) >= 11 is 5.05. The molecule has 0 spiro atoms. The van der Waals surface area contributed by atoms with Crippen molar-refractivity contribution in [2.24, 2.45) is 0 Å². The minimum atomic E-state index is -1.49. The average Bonchev–Trinajstić information content (AvgIpc) is 1.35. The van der Waals surface area contributed by atoms with Gasteiger partial charge in [0.05, 0.1) is 0 Å². The summed E-state index contributed by atoms with van der Waals surface area (Å²) in [7, 11) is 0. The summed E-state index contributed by atoms with van der Waals surface area (Å²) in [5.74, 6) is -1.49. The van der Waals surface area contributed by atoms with Gasteiger partial charge in [0.15, 0.2) is 0 Å². The SMILES string of the molecule is [2H]C([2H])(Cl)CC. The summed E-state index contributed by atoms with van der Waals surface area (Å²) in [4.78, 5) is 0. The maximum absolute atomic E-state index is 6.61. The predicted molar refractivity (Wildman–Crippen MR) is 21.0 cm³/mol. The van der Waals surface area contributed by atoms with E-state index in [9.17, 15) is 0 Å². The van der Waals surface area contributed by atoms with Crippen molar-refractivity contribution in [3.8, 4) is 0 Å². The molecule has 0 unspecified atom stereocenters. The van der Waals surface area contributed by atoms with Crippen LogP contribution in [0.25, 0.3) is 0 Å². The summed E-state index contributed by atoms with van der Waals surface area (Å²) in [5.41, 5.74) is 0. The van der Waals surface area contributed by atoms with E-state index in [1.165, 1.54) is 0 Å². The molecule has 0 saturated heterocycles. The standard InChI is InChI=1S/C3H7Cl/c1-2-3-4/h2-3H2,1H3/i3D2. The lowest BCUT2D eigenvalue weighted by Gasteiger charge is -1.65. The molecule has 4 heavy (non-hydrogen) atoms. The minimum absolute atomic E-state index is 0.370. The molecule has 0 aliphatic rings. The van der Waals surface area contributed by atoms with Gasteiger partial charge in [0, 0.05) is 8.57 Å².